The third-order valence-electron chi connectivity index (χ3n) is 3.71. The number of rotatable bonds is 6. The number of carbonyl (C=O) groups is 1. The van der Waals surface area contributed by atoms with E-state index in [-0.39, 0.29) is 5.91 Å². The van der Waals surface area contributed by atoms with Crippen LogP contribution in [-0.2, 0) is 11.3 Å². The van der Waals surface area contributed by atoms with E-state index in [4.69, 9.17) is 17.3 Å². The number of hydrogen-bond donors (Lipinski definition) is 2. The number of nitrogens with two attached hydrogens (primary N) is 1. The monoisotopic (exact) mass is 393 g/mol. The van der Waals surface area contributed by atoms with Gasteiger partial charge in [-0.05, 0) is 41.4 Å². The highest BCUT2D eigenvalue weighted by atomic mass is 79.9. The van der Waals surface area contributed by atoms with Crippen molar-refractivity contribution in [3.05, 3.63) is 19.8 Å². The van der Waals surface area contributed by atoms with Crippen molar-refractivity contribution in [3.63, 3.8) is 0 Å². The van der Waals surface area contributed by atoms with Gasteiger partial charge in [0.15, 0.2) is 0 Å². The summed E-state index contributed by atoms with van der Waals surface area (Å²) in [4.78, 5) is 15.3. The average molecular weight is 395 g/mol. The van der Waals surface area contributed by atoms with Crippen molar-refractivity contribution < 1.29 is 4.79 Å². The Morgan fingerprint density at radius 1 is 1.57 bits per heavy atom. The van der Waals surface area contributed by atoms with Gasteiger partial charge in [-0.1, -0.05) is 18.0 Å². The summed E-state index contributed by atoms with van der Waals surface area (Å²) in [7, 11) is 0. The predicted octanol–water partition coefficient (Wildman–Crippen LogP) is 2.98. The van der Waals surface area contributed by atoms with Gasteiger partial charge in [0.1, 0.15) is 4.34 Å². The molecule has 3 N–H and O–H groups in total. The molecule has 1 aliphatic rings. The van der Waals surface area contributed by atoms with Crippen molar-refractivity contribution in [1.29, 1.82) is 0 Å². The van der Waals surface area contributed by atoms with Gasteiger partial charge < -0.3 is 11.1 Å². The number of likely N-dealkylation sites (tertiary alicyclic amines) is 1. The van der Waals surface area contributed by atoms with Crippen LogP contribution in [0.1, 0.15) is 30.6 Å². The van der Waals surface area contributed by atoms with Gasteiger partial charge in [0, 0.05) is 41.4 Å². The summed E-state index contributed by atoms with van der Waals surface area (Å²) < 4.78 is 1.77. The molecule has 1 aromatic heterocycles. The molecule has 1 saturated heterocycles. The first kappa shape index (κ1) is 17.2. The third kappa shape index (κ3) is 5.21. The van der Waals surface area contributed by atoms with Crippen LogP contribution in [0.15, 0.2) is 10.5 Å². The van der Waals surface area contributed by atoms with E-state index in [2.05, 4.69) is 32.2 Å². The molecule has 1 aliphatic heterocycles. The zero-order chi connectivity index (χ0) is 15.2. The van der Waals surface area contributed by atoms with Crippen LogP contribution in [0.3, 0.4) is 0 Å². The molecule has 1 fully saturated rings. The largest absolute Gasteiger partial charge is 0.354 e. The summed E-state index contributed by atoms with van der Waals surface area (Å²) in [5.41, 5.74) is 5.40. The number of nitrogens with one attached hydrogen (secondary N) is 1. The van der Waals surface area contributed by atoms with Gasteiger partial charge in [0.2, 0.25) is 5.91 Å². The number of amides is 1. The minimum atomic E-state index is 0.0462. The van der Waals surface area contributed by atoms with Gasteiger partial charge in [-0.3, -0.25) is 9.69 Å². The lowest BCUT2D eigenvalue weighted by Gasteiger charge is -2.35. The fourth-order valence-corrected chi connectivity index (χ4v) is 4.44. The van der Waals surface area contributed by atoms with Crippen LogP contribution in [-0.4, -0.2) is 36.5 Å². The lowest BCUT2D eigenvalue weighted by atomic mass is 10.0. The summed E-state index contributed by atoms with van der Waals surface area (Å²) in [6, 6.07) is 2.49. The van der Waals surface area contributed by atoms with Crippen LogP contribution in [0, 0.1) is 0 Å². The molecule has 0 aromatic carbocycles. The van der Waals surface area contributed by atoms with Gasteiger partial charge in [-0.15, -0.1) is 11.3 Å². The Morgan fingerprint density at radius 2 is 2.38 bits per heavy atom. The first-order chi connectivity index (χ1) is 10.1. The predicted molar refractivity (Wildman–Crippen MR) is 91.8 cm³/mol. The smallest absolute Gasteiger partial charge is 0.221 e. The topological polar surface area (TPSA) is 58.4 Å². The molecule has 2 rings (SSSR count). The normalized spacial score (nSPS) is 19.7. The quantitative estimate of drug-likeness (QED) is 0.780. The second-order valence-electron chi connectivity index (χ2n) is 5.30. The molecule has 21 heavy (non-hydrogen) atoms. The zero-order valence-electron chi connectivity index (χ0n) is 11.9. The molecule has 0 saturated carbocycles. The standard InChI is InChI=1S/C14H21BrClN3OS/c15-12-7-11(21-14(12)16)9-19-6-2-1-3-10(19)8-18-13(20)4-5-17/h7,10H,1-6,8-9,17H2,(H,18,20). The number of piperidine rings is 1. The van der Waals surface area contributed by atoms with Crippen molar-refractivity contribution in [1.82, 2.24) is 10.2 Å². The minimum Gasteiger partial charge on any atom is -0.354 e. The van der Waals surface area contributed by atoms with Crippen LogP contribution in [0.5, 0.6) is 0 Å². The van der Waals surface area contributed by atoms with Crippen LogP contribution in [0.2, 0.25) is 4.34 Å². The molecule has 4 nitrogen and oxygen atoms in total. The van der Waals surface area contributed by atoms with Crippen molar-refractivity contribution in [2.75, 3.05) is 19.6 Å². The zero-order valence-corrected chi connectivity index (χ0v) is 15.1. The Hall–Kier alpha value is -0.140. The molecule has 0 radical (unpaired) electrons. The second kappa shape index (κ2) is 8.48. The number of carbonyl (C=O) groups excluding carboxylic acids is 1. The Labute approximate surface area is 143 Å². The number of hydrogen-bond acceptors (Lipinski definition) is 4. The van der Waals surface area contributed by atoms with Crippen LogP contribution < -0.4 is 11.1 Å². The van der Waals surface area contributed by atoms with Gasteiger partial charge >= 0.3 is 0 Å². The SMILES string of the molecule is NCCC(=O)NCC1CCCCN1Cc1cc(Br)c(Cl)s1. The molecule has 2 heterocycles. The van der Waals surface area contributed by atoms with E-state index >= 15 is 0 Å². The molecule has 118 valence electrons. The summed E-state index contributed by atoms with van der Waals surface area (Å²) in [5.74, 6) is 0.0462. The first-order valence-corrected chi connectivity index (χ1v) is 9.23. The Morgan fingerprint density at radius 3 is 3.05 bits per heavy atom. The summed E-state index contributed by atoms with van der Waals surface area (Å²) in [5, 5.41) is 2.99. The highest BCUT2D eigenvalue weighted by molar-refractivity contribution is 9.10. The highest BCUT2D eigenvalue weighted by Gasteiger charge is 2.23. The fourth-order valence-electron chi connectivity index (χ4n) is 2.62. The van der Waals surface area contributed by atoms with Crippen molar-refractivity contribution >= 4 is 44.8 Å². The van der Waals surface area contributed by atoms with E-state index in [0.717, 1.165) is 28.3 Å². The number of thiophene rings is 1. The number of nitrogens with zero attached hydrogens (tertiary/aromatic N) is 1. The maximum atomic E-state index is 11.6. The van der Waals surface area contributed by atoms with Crippen molar-refractivity contribution in [3.8, 4) is 0 Å². The maximum Gasteiger partial charge on any atom is 0.221 e. The highest BCUT2D eigenvalue weighted by Crippen LogP contribution is 2.33. The summed E-state index contributed by atoms with van der Waals surface area (Å²) >= 11 is 11.2. The molecule has 0 bridgehead atoms. The Balaban J connectivity index is 1.90. The van der Waals surface area contributed by atoms with E-state index in [1.54, 1.807) is 11.3 Å². The lowest BCUT2D eigenvalue weighted by molar-refractivity contribution is -0.121. The van der Waals surface area contributed by atoms with Crippen LogP contribution in [0.4, 0.5) is 0 Å². The minimum absolute atomic E-state index is 0.0462. The molecule has 7 heteroatoms. The fraction of sp³-hybridized carbons (Fsp3) is 0.643. The lowest BCUT2D eigenvalue weighted by Crippen LogP contribution is -2.46. The molecule has 1 amide bonds. The maximum absolute atomic E-state index is 11.6. The molecular formula is C14H21BrClN3OS. The van der Waals surface area contributed by atoms with Gasteiger partial charge in [0.25, 0.3) is 0 Å². The summed E-state index contributed by atoms with van der Waals surface area (Å²) in [6.45, 7) is 3.08. The van der Waals surface area contributed by atoms with Crippen molar-refractivity contribution in [2.24, 2.45) is 5.73 Å². The third-order valence-corrected chi connectivity index (χ3v) is 6.17. The first-order valence-electron chi connectivity index (χ1n) is 7.24. The molecular weight excluding hydrogens is 374 g/mol. The molecule has 1 aromatic rings. The van der Waals surface area contributed by atoms with Crippen molar-refractivity contribution in [2.45, 2.75) is 38.3 Å². The summed E-state index contributed by atoms with van der Waals surface area (Å²) in [6.07, 6.45) is 3.97. The van der Waals surface area contributed by atoms with E-state index in [0.29, 0.717) is 25.6 Å². The van der Waals surface area contributed by atoms with Gasteiger partial charge in [-0.2, -0.15) is 0 Å². The van der Waals surface area contributed by atoms with E-state index in [1.807, 2.05) is 0 Å². The van der Waals surface area contributed by atoms with E-state index < -0.39 is 0 Å². The Bertz CT molecular complexity index is 463. The van der Waals surface area contributed by atoms with Crippen LogP contribution >= 0.6 is 38.9 Å². The molecule has 0 aliphatic carbocycles. The average Bonchev–Trinajstić information content (AvgIpc) is 2.77. The van der Waals surface area contributed by atoms with Gasteiger partial charge in [0.05, 0.1) is 0 Å². The van der Waals surface area contributed by atoms with E-state index in [1.165, 1.54) is 17.7 Å². The molecule has 1 atom stereocenters. The van der Waals surface area contributed by atoms with E-state index in [9.17, 15) is 4.79 Å². The number of halogens is 2. The Kier molecular flexibility index (Phi) is 6.95. The molecule has 0 spiro atoms. The van der Waals surface area contributed by atoms with Crippen LogP contribution in [0.25, 0.3) is 0 Å². The second-order valence-corrected chi connectivity index (χ2v) is 7.89. The van der Waals surface area contributed by atoms with Gasteiger partial charge in [-0.25, -0.2) is 0 Å². The molecule has 1 unspecified atom stereocenters.